The van der Waals surface area contributed by atoms with E-state index in [0.29, 0.717) is 0 Å². The van der Waals surface area contributed by atoms with Gasteiger partial charge in [-0.2, -0.15) is 0 Å². The van der Waals surface area contributed by atoms with Crippen LogP contribution in [-0.2, 0) is 14.2 Å². The van der Waals surface area contributed by atoms with Gasteiger partial charge < -0.3 is 85.7 Å². The Labute approximate surface area is 228 Å². The summed E-state index contributed by atoms with van der Waals surface area (Å²) >= 11 is 0. The molecule has 0 spiro atoms. The highest BCUT2D eigenvalue weighted by atomic mass is 16.7. The number of ether oxygens (including phenoxy) is 3. The minimum absolute atomic E-state index is 0.670. The summed E-state index contributed by atoms with van der Waals surface area (Å²) in [6.07, 6.45) is -24.3. The fourth-order valence-electron chi connectivity index (χ4n) is 5.51. The summed E-state index contributed by atoms with van der Waals surface area (Å²) in [6.45, 7) is -4.45. The number of hydrogen-bond acceptors (Lipinski definition) is 18. The fraction of sp³-hybridized carbons (Fsp3) is 1.00. The first-order chi connectivity index (χ1) is 18.8. The highest BCUT2D eigenvalue weighted by Gasteiger charge is 2.58. The Morgan fingerprint density at radius 2 is 1.30 bits per heavy atom. The largest absolute Gasteiger partial charge is 0.395 e. The van der Waals surface area contributed by atoms with Crippen LogP contribution in [0, 0.1) is 0 Å². The molecule has 1 aliphatic carbocycles. The topological polar surface area (TPSA) is 314 Å². The zero-order valence-electron chi connectivity index (χ0n) is 21.3. The third kappa shape index (κ3) is 6.16. The standard InChI is InChI=1S/C22H41NO17/c24-2-7(3-25)23(8-1-22(37,6-28)19(36)15(33)11(8)29)20-16(34)14(32)18(10(5-27)38-20)40-21-17(35)13(31)12(30)9(4-26)39-21/h7-21,24-37H,1-6H2/t8-,9-,10-,11-,12+,13+,14-,15+,16-,17-,18-,19-,20+,21+,22-/m1/s1. The molecule has 2 heterocycles. The molecule has 40 heavy (non-hydrogen) atoms. The second-order valence-electron chi connectivity index (χ2n) is 10.5. The Bertz CT molecular complexity index is 790. The third-order valence-corrected chi connectivity index (χ3v) is 7.95. The molecule has 14 N–H and O–H groups in total. The molecule has 0 bridgehead atoms. The average molecular weight is 592 g/mol. The van der Waals surface area contributed by atoms with Crippen LogP contribution < -0.4 is 0 Å². The molecule has 3 rings (SSSR count). The quantitative estimate of drug-likeness (QED) is 0.112. The normalized spacial score (nSPS) is 48.6. The lowest BCUT2D eigenvalue weighted by Gasteiger charge is -2.55. The van der Waals surface area contributed by atoms with Crippen molar-refractivity contribution in [1.29, 1.82) is 0 Å². The number of rotatable bonds is 10. The van der Waals surface area contributed by atoms with Crippen molar-refractivity contribution < 1.29 is 85.7 Å². The van der Waals surface area contributed by atoms with Crippen LogP contribution >= 0.6 is 0 Å². The molecule has 236 valence electrons. The summed E-state index contributed by atoms with van der Waals surface area (Å²) in [7, 11) is 0. The van der Waals surface area contributed by atoms with Gasteiger partial charge >= 0.3 is 0 Å². The van der Waals surface area contributed by atoms with E-state index in [2.05, 4.69) is 0 Å². The van der Waals surface area contributed by atoms with Gasteiger partial charge in [-0.3, -0.25) is 4.90 Å². The SMILES string of the molecule is OCC(CO)N([C@@H]1C[C@@](O)(CO)[C@H](O)[C@@H](O)[C@@H]1O)[C@H]1O[C@H](CO)[C@@H](O[C@@H]2O[C@H](CO)[C@H](O)[C@H](O)[C@H]2O)[C@H](O)[C@H]1O. The maximum atomic E-state index is 11.1. The van der Waals surface area contributed by atoms with Gasteiger partial charge in [0.2, 0.25) is 0 Å². The van der Waals surface area contributed by atoms with Crippen molar-refractivity contribution in [2.75, 3.05) is 33.0 Å². The lowest BCUT2D eigenvalue weighted by molar-refractivity contribution is -0.354. The van der Waals surface area contributed by atoms with Crippen molar-refractivity contribution in [1.82, 2.24) is 4.90 Å². The minimum Gasteiger partial charge on any atom is -0.395 e. The number of aliphatic hydroxyl groups excluding tert-OH is 13. The van der Waals surface area contributed by atoms with Crippen LogP contribution in [-0.4, -0.2) is 207 Å². The van der Waals surface area contributed by atoms with Crippen LogP contribution in [0.1, 0.15) is 6.42 Å². The Balaban J connectivity index is 1.92. The smallest absolute Gasteiger partial charge is 0.187 e. The molecule has 0 aromatic carbocycles. The second-order valence-corrected chi connectivity index (χ2v) is 10.5. The molecule has 0 aromatic rings. The molecule has 1 saturated carbocycles. The molecule has 18 nitrogen and oxygen atoms in total. The molecule has 0 aromatic heterocycles. The van der Waals surface area contributed by atoms with Gasteiger partial charge in [0.1, 0.15) is 72.9 Å². The van der Waals surface area contributed by atoms with Gasteiger partial charge in [-0.25, -0.2) is 0 Å². The van der Waals surface area contributed by atoms with Crippen molar-refractivity contribution in [3.8, 4) is 0 Å². The summed E-state index contributed by atoms with van der Waals surface area (Å²) in [5.74, 6) is 0. The van der Waals surface area contributed by atoms with Crippen LogP contribution in [0.5, 0.6) is 0 Å². The zero-order valence-corrected chi connectivity index (χ0v) is 21.3. The molecule has 0 radical (unpaired) electrons. The monoisotopic (exact) mass is 591 g/mol. The summed E-state index contributed by atoms with van der Waals surface area (Å²) in [5.41, 5.74) is -2.37. The molecule has 3 aliphatic rings. The second kappa shape index (κ2) is 13.7. The van der Waals surface area contributed by atoms with Crippen molar-refractivity contribution in [3.63, 3.8) is 0 Å². The number of aliphatic hydroxyl groups is 14. The van der Waals surface area contributed by atoms with E-state index in [-0.39, 0.29) is 0 Å². The van der Waals surface area contributed by atoms with Crippen molar-refractivity contribution in [2.45, 2.75) is 104 Å². The fourth-order valence-corrected chi connectivity index (χ4v) is 5.51. The molecule has 2 saturated heterocycles. The first-order valence-electron chi connectivity index (χ1n) is 12.8. The molecule has 0 unspecified atom stereocenters. The molecular weight excluding hydrogens is 550 g/mol. The van der Waals surface area contributed by atoms with E-state index in [4.69, 9.17) is 14.2 Å². The molecule has 2 aliphatic heterocycles. The summed E-state index contributed by atoms with van der Waals surface area (Å²) in [5, 5.41) is 143. The van der Waals surface area contributed by atoms with Crippen LogP contribution in [0.25, 0.3) is 0 Å². The zero-order chi connectivity index (χ0) is 30.1. The van der Waals surface area contributed by atoms with E-state index in [9.17, 15) is 71.5 Å². The minimum atomic E-state index is -2.37. The summed E-state index contributed by atoms with van der Waals surface area (Å²) < 4.78 is 16.5. The first kappa shape index (κ1) is 33.8. The van der Waals surface area contributed by atoms with E-state index in [0.717, 1.165) is 4.90 Å². The van der Waals surface area contributed by atoms with Gasteiger partial charge in [-0.1, -0.05) is 0 Å². The van der Waals surface area contributed by atoms with Crippen LogP contribution in [0.15, 0.2) is 0 Å². The van der Waals surface area contributed by atoms with Crippen LogP contribution in [0.2, 0.25) is 0 Å². The van der Waals surface area contributed by atoms with Crippen molar-refractivity contribution in [2.24, 2.45) is 0 Å². The molecule has 3 fully saturated rings. The Kier molecular flexibility index (Phi) is 11.6. The third-order valence-electron chi connectivity index (χ3n) is 7.95. The Hall–Kier alpha value is -0.720. The predicted molar refractivity (Wildman–Crippen MR) is 125 cm³/mol. The summed E-state index contributed by atoms with van der Waals surface area (Å²) in [4.78, 5) is 0.932. The van der Waals surface area contributed by atoms with Crippen molar-refractivity contribution in [3.05, 3.63) is 0 Å². The maximum absolute atomic E-state index is 11.1. The lowest BCUT2D eigenvalue weighted by Crippen LogP contribution is -2.74. The van der Waals surface area contributed by atoms with E-state index in [1.165, 1.54) is 0 Å². The molecule has 0 amide bonds. The molecule has 18 heteroatoms. The number of hydrogen-bond donors (Lipinski definition) is 14. The Morgan fingerprint density at radius 1 is 0.700 bits per heavy atom. The average Bonchev–Trinajstić information content (AvgIpc) is 2.95. The van der Waals surface area contributed by atoms with Gasteiger partial charge in [-0.15, -0.1) is 0 Å². The highest BCUT2D eigenvalue weighted by molar-refractivity contribution is 5.08. The molecular formula is C22H41NO17. The predicted octanol–water partition coefficient (Wildman–Crippen LogP) is -9.16. The van der Waals surface area contributed by atoms with Crippen molar-refractivity contribution >= 4 is 0 Å². The lowest BCUT2D eigenvalue weighted by atomic mass is 9.75. The summed E-state index contributed by atoms with van der Waals surface area (Å²) in [6, 6.07) is -2.90. The number of nitrogens with zero attached hydrogens (tertiary/aromatic N) is 1. The van der Waals surface area contributed by atoms with E-state index < -0.39 is 137 Å². The molecule has 15 atom stereocenters. The maximum Gasteiger partial charge on any atom is 0.187 e. The van der Waals surface area contributed by atoms with Gasteiger partial charge in [0, 0.05) is 6.04 Å². The van der Waals surface area contributed by atoms with E-state index >= 15 is 0 Å². The van der Waals surface area contributed by atoms with Gasteiger partial charge in [0.05, 0.1) is 45.2 Å². The van der Waals surface area contributed by atoms with Crippen LogP contribution in [0.4, 0.5) is 0 Å². The van der Waals surface area contributed by atoms with Gasteiger partial charge in [0.15, 0.2) is 6.29 Å². The Morgan fingerprint density at radius 3 is 1.82 bits per heavy atom. The van der Waals surface area contributed by atoms with Crippen LogP contribution in [0.3, 0.4) is 0 Å². The van der Waals surface area contributed by atoms with Gasteiger partial charge in [-0.05, 0) is 6.42 Å². The van der Waals surface area contributed by atoms with E-state index in [1.54, 1.807) is 0 Å². The van der Waals surface area contributed by atoms with E-state index in [1.807, 2.05) is 0 Å². The highest BCUT2D eigenvalue weighted by Crippen LogP contribution is 2.37. The first-order valence-corrected chi connectivity index (χ1v) is 12.8. The van der Waals surface area contributed by atoms with Gasteiger partial charge in [0.25, 0.3) is 0 Å².